The maximum Gasteiger partial charge on any atom is 0.249 e. The zero-order valence-electron chi connectivity index (χ0n) is 12.9. The van der Waals surface area contributed by atoms with Gasteiger partial charge in [-0.15, -0.1) is 0 Å². The third-order valence-electron chi connectivity index (χ3n) is 5.51. The monoisotopic (exact) mass is 294 g/mol. The van der Waals surface area contributed by atoms with E-state index in [0.29, 0.717) is 5.92 Å². The van der Waals surface area contributed by atoms with Crippen molar-refractivity contribution in [2.24, 2.45) is 5.92 Å². The van der Waals surface area contributed by atoms with Gasteiger partial charge >= 0.3 is 0 Å². The Bertz CT molecular complexity index is 412. The van der Waals surface area contributed by atoms with E-state index < -0.39 is 5.54 Å². The van der Waals surface area contributed by atoms with E-state index in [-0.39, 0.29) is 24.4 Å². The number of piperazine rings is 1. The Kier molecular flexibility index (Phi) is 4.20. The van der Waals surface area contributed by atoms with E-state index in [2.05, 4.69) is 12.2 Å². The standard InChI is InChI=1S/C16H26N2O3/c1-12(13-5-9-21-10-6-13)18-11-14(19)17-16(15(18)20)7-3-2-4-8-16/h12-13H,2-11H2,1H3,(H,17,19). The lowest BCUT2D eigenvalue weighted by molar-refractivity contribution is -0.155. The number of hydrogen-bond donors (Lipinski definition) is 1. The minimum absolute atomic E-state index is 0.00964. The minimum atomic E-state index is -0.604. The lowest BCUT2D eigenvalue weighted by Gasteiger charge is -2.47. The van der Waals surface area contributed by atoms with Gasteiger partial charge in [-0.1, -0.05) is 19.3 Å². The van der Waals surface area contributed by atoms with Crippen LogP contribution in [0.2, 0.25) is 0 Å². The Morgan fingerprint density at radius 1 is 1.19 bits per heavy atom. The first-order valence-corrected chi connectivity index (χ1v) is 8.32. The normalized spacial score (nSPS) is 28.5. The van der Waals surface area contributed by atoms with E-state index in [0.717, 1.165) is 51.7 Å². The van der Waals surface area contributed by atoms with Crippen LogP contribution in [0.5, 0.6) is 0 Å². The summed E-state index contributed by atoms with van der Waals surface area (Å²) in [7, 11) is 0. The summed E-state index contributed by atoms with van der Waals surface area (Å²) in [6, 6.07) is 0.131. The summed E-state index contributed by atoms with van der Waals surface area (Å²) in [5.74, 6) is 0.616. The summed E-state index contributed by atoms with van der Waals surface area (Å²) in [5, 5.41) is 3.01. The van der Waals surface area contributed by atoms with E-state index in [1.165, 1.54) is 6.42 Å². The topological polar surface area (TPSA) is 58.6 Å². The van der Waals surface area contributed by atoms with Crippen LogP contribution in [0.25, 0.3) is 0 Å². The first kappa shape index (κ1) is 14.8. The molecule has 3 aliphatic rings. The van der Waals surface area contributed by atoms with Gasteiger partial charge in [0.1, 0.15) is 5.54 Å². The third kappa shape index (κ3) is 2.80. The molecule has 1 spiro atoms. The van der Waals surface area contributed by atoms with Crippen LogP contribution in [0, 0.1) is 5.92 Å². The van der Waals surface area contributed by atoms with Gasteiger partial charge in [0.25, 0.3) is 0 Å². The van der Waals surface area contributed by atoms with Crippen molar-refractivity contribution < 1.29 is 14.3 Å². The van der Waals surface area contributed by atoms with Crippen LogP contribution in [0.1, 0.15) is 51.9 Å². The van der Waals surface area contributed by atoms with E-state index in [9.17, 15) is 9.59 Å². The van der Waals surface area contributed by atoms with Crippen LogP contribution < -0.4 is 5.32 Å². The fourth-order valence-corrected chi connectivity index (χ4v) is 4.14. The summed E-state index contributed by atoms with van der Waals surface area (Å²) in [4.78, 5) is 27.0. The fourth-order valence-electron chi connectivity index (χ4n) is 4.14. The Labute approximate surface area is 126 Å². The number of carbonyl (C=O) groups is 2. The molecule has 0 radical (unpaired) electrons. The van der Waals surface area contributed by atoms with E-state index in [1.807, 2.05) is 4.90 Å². The maximum absolute atomic E-state index is 13.0. The van der Waals surface area contributed by atoms with Gasteiger partial charge < -0.3 is 15.0 Å². The van der Waals surface area contributed by atoms with E-state index >= 15 is 0 Å². The van der Waals surface area contributed by atoms with Gasteiger partial charge in [0.05, 0.1) is 6.54 Å². The molecule has 2 saturated heterocycles. The molecule has 3 fully saturated rings. The average molecular weight is 294 g/mol. The summed E-state index contributed by atoms with van der Waals surface area (Å²) < 4.78 is 5.41. The van der Waals surface area contributed by atoms with Crippen LogP contribution in [0.4, 0.5) is 0 Å². The molecule has 2 heterocycles. The minimum Gasteiger partial charge on any atom is -0.381 e. The lowest BCUT2D eigenvalue weighted by atomic mass is 9.78. The first-order valence-electron chi connectivity index (χ1n) is 8.32. The summed E-state index contributed by atoms with van der Waals surface area (Å²) in [5.41, 5.74) is -0.604. The second-order valence-electron chi connectivity index (χ2n) is 6.81. The van der Waals surface area contributed by atoms with Crippen molar-refractivity contribution in [1.29, 1.82) is 0 Å². The van der Waals surface area contributed by atoms with Gasteiger partial charge in [0, 0.05) is 19.3 Å². The van der Waals surface area contributed by atoms with Crippen molar-refractivity contribution in [1.82, 2.24) is 10.2 Å². The van der Waals surface area contributed by atoms with Crippen molar-refractivity contribution in [2.45, 2.75) is 63.5 Å². The highest BCUT2D eigenvalue weighted by molar-refractivity contribution is 5.98. The predicted molar refractivity (Wildman–Crippen MR) is 78.7 cm³/mol. The highest BCUT2D eigenvalue weighted by Gasteiger charge is 2.48. The van der Waals surface area contributed by atoms with Crippen LogP contribution in [-0.4, -0.2) is 48.1 Å². The van der Waals surface area contributed by atoms with Crippen molar-refractivity contribution in [3.05, 3.63) is 0 Å². The molecule has 5 nitrogen and oxygen atoms in total. The summed E-state index contributed by atoms with van der Waals surface area (Å²) in [6.07, 6.45) is 6.81. The van der Waals surface area contributed by atoms with Crippen molar-refractivity contribution in [2.75, 3.05) is 19.8 Å². The zero-order valence-corrected chi connectivity index (χ0v) is 12.9. The first-order chi connectivity index (χ1) is 10.1. The second-order valence-corrected chi connectivity index (χ2v) is 6.81. The lowest BCUT2D eigenvalue weighted by Crippen LogP contribution is -2.69. The Hall–Kier alpha value is -1.10. The largest absolute Gasteiger partial charge is 0.381 e. The second kappa shape index (κ2) is 5.95. The molecule has 2 amide bonds. The maximum atomic E-state index is 13.0. The average Bonchev–Trinajstić information content (AvgIpc) is 2.52. The number of nitrogens with zero attached hydrogens (tertiary/aromatic N) is 1. The molecule has 21 heavy (non-hydrogen) atoms. The smallest absolute Gasteiger partial charge is 0.249 e. The van der Waals surface area contributed by atoms with Gasteiger partial charge in [-0.3, -0.25) is 9.59 Å². The van der Waals surface area contributed by atoms with Crippen molar-refractivity contribution in [3.8, 4) is 0 Å². The molecule has 118 valence electrons. The van der Waals surface area contributed by atoms with Gasteiger partial charge in [-0.25, -0.2) is 0 Å². The van der Waals surface area contributed by atoms with Crippen molar-refractivity contribution in [3.63, 3.8) is 0 Å². The fraction of sp³-hybridized carbons (Fsp3) is 0.875. The van der Waals surface area contributed by atoms with E-state index in [1.54, 1.807) is 0 Å². The molecular weight excluding hydrogens is 268 g/mol. The molecule has 5 heteroatoms. The molecule has 1 N–H and O–H groups in total. The molecule has 3 rings (SSSR count). The summed E-state index contributed by atoms with van der Waals surface area (Å²) in [6.45, 7) is 3.87. The highest BCUT2D eigenvalue weighted by atomic mass is 16.5. The molecule has 0 aromatic rings. The number of rotatable bonds is 2. The molecule has 1 unspecified atom stereocenters. The Balaban J connectivity index is 1.77. The third-order valence-corrected chi connectivity index (χ3v) is 5.51. The molecule has 1 atom stereocenters. The molecule has 2 aliphatic heterocycles. The Morgan fingerprint density at radius 3 is 2.52 bits per heavy atom. The molecule has 1 saturated carbocycles. The van der Waals surface area contributed by atoms with Crippen LogP contribution >= 0.6 is 0 Å². The van der Waals surface area contributed by atoms with Gasteiger partial charge in [-0.05, 0) is 38.5 Å². The van der Waals surface area contributed by atoms with Crippen LogP contribution in [0.15, 0.2) is 0 Å². The molecule has 0 aromatic carbocycles. The number of nitrogens with one attached hydrogen (secondary N) is 1. The summed E-state index contributed by atoms with van der Waals surface area (Å²) >= 11 is 0. The number of ether oxygens (including phenoxy) is 1. The quantitative estimate of drug-likeness (QED) is 0.839. The predicted octanol–water partition coefficient (Wildman–Crippen LogP) is 1.46. The van der Waals surface area contributed by atoms with Crippen molar-refractivity contribution >= 4 is 11.8 Å². The number of carbonyl (C=O) groups excluding carboxylic acids is 2. The van der Waals surface area contributed by atoms with Crippen LogP contribution in [-0.2, 0) is 14.3 Å². The Morgan fingerprint density at radius 2 is 1.86 bits per heavy atom. The molecule has 0 bridgehead atoms. The number of amides is 2. The molecule has 0 aromatic heterocycles. The van der Waals surface area contributed by atoms with Gasteiger partial charge in [0.2, 0.25) is 11.8 Å². The van der Waals surface area contributed by atoms with Crippen LogP contribution in [0.3, 0.4) is 0 Å². The van der Waals surface area contributed by atoms with Gasteiger partial charge in [0.15, 0.2) is 0 Å². The van der Waals surface area contributed by atoms with Gasteiger partial charge in [-0.2, -0.15) is 0 Å². The zero-order chi connectivity index (χ0) is 14.9. The highest BCUT2D eigenvalue weighted by Crippen LogP contribution is 2.34. The van der Waals surface area contributed by atoms with E-state index in [4.69, 9.17) is 4.74 Å². The SMILES string of the molecule is CC(C1CCOCC1)N1CC(=O)NC2(CCCCC2)C1=O. The molecule has 1 aliphatic carbocycles. The molecular formula is C16H26N2O3. The number of hydrogen-bond acceptors (Lipinski definition) is 3.